The van der Waals surface area contributed by atoms with Crippen molar-refractivity contribution < 1.29 is 4.74 Å². The van der Waals surface area contributed by atoms with Crippen LogP contribution in [0.25, 0.3) is 0 Å². The topological polar surface area (TPSA) is 38.5 Å². The van der Waals surface area contributed by atoms with Crippen molar-refractivity contribution in [1.82, 2.24) is 4.90 Å². The molecule has 100 valence electrons. The van der Waals surface area contributed by atoms with E-state index in [0.717, 1.165) is 18.2 Å². The van der Waals surface area contributed by atoms with Crippen LogP contribution in [0.5, 0.6) is 5.75 Å². The maximum absolute atomic E-state index is 6.27. The molecule has 2 rings (SSSR count). The molecule has 1 atom stereocenters. The van der Waals surface area contributed by atoms with Crippen molar-refractivity contribution in [3.8, 4) is 5.75 Å². The van der Waals surface area contributed by atoms with E-state index < -0.39 is 0 Å². The molecule has 1 aromatic carbocycles. The van der Waals surface area contributed by atoms with Crippen molar-refractivity contribution in [2.75, 3.05) is 26.7 Å². The first-order valence-electron chi connectivity index (χ1n) is 6.81. The molecule has 1 aliphatic rings. The smallest absolute Gasteiger partial charge is 0.118 e. The number of rotatable bonds is 4. The van der Waals surface area contributed by atoms with Crippen LogP contribution < -0.4 is 10.5 Å². The lowest BCUT2D eigenvalue weighted by atomic mass is 9.98. The lowest BCUT2D eigenvalue weighted by molar-refractivity contribution is 0.183. The highest BCUT2D eigenvalue weighted by atomic mass is 16.5. The summed E-state index contributed by atoms with van der Waals surface area (Å²) < 4.78 is 5.16. The van der Waals surface area contributed by atoms with Gasteiger partial charge in [-0.1, -0.05) is 19.1 Å². The molecule has 1 heterocycles. The van der Waals surface area contributed by atoms with E-state index in [4.69, 9.17) is 10.5 Å². The van der Waals surface area contributed by atoms with Crippen molar-refractivity contribution in [3.63, 3.8) is 0 Å². The van der Waals surface area contributed by atoms with Crippen molar-refractivity contribution in [3.05, 3.63) is 29.8 Å². The van der Waals surface area contributed by atoms with Crippen LogP contribution in [0, 0.1) is 5.92 Å². The molecule has 2 N–H and O–H groups in total. The average molecular weight is 248 g/mol. The van der Waals surface area contributed by atoms with Gasteiger partial charge in [0.2, 0.25) is 0 Å². The zero-order valence-corrected chi connectivity index (χ0v) is 11.4. The third kappa shape index (κ3) is 3.47. The third-order valence-electron chi connectivity index (χ3n) is 3.88. The summed E-state index contributed by atoms with van der Waals surface area (Å²) in [6, 6.07) is 8.19. The number of nitrogens with two attached hydrogens (primary N) is 1. The van der Waals surface area contributed by atoms with E-state index in [1.165, 1.54) is 31.5 Å². The average Bonchev–Trinajstić information content (AvgIpc) is 2.41. The Bertz CT molecular complexity index is 355. The molecule has 1 aromatic rings. The van der Waals surface area contributed by atoms with Gasteiger partial charge in [-0.25, -0.2) is 0 Å². The molecule has 0 aliphatic carbocycles. The summed E-state index contributed by atoms with van der Waals surface area (Å²) in [4.78, 5) is 2.48. The van der Waals surface area contributed by atoms with Gasteiger partial charge in [0.1, 0.15) is 5.75 Å². The quantitative estimate of drug-likeness (QED) is 0.889. The van der Waals surface area contributed by atoms with E-state index >= 15 is 0 Å². The minimum absolute atomic E-state index is 0.101. The fraction of sp³-hybridized carbons (Fsp3) is 0.600. The van der Waals surface area contributed by atoms with Gasteiger partial charge < -0.3 is 15.4 Å². The highest BCUT2D eigenvalue weighted by Crippen LogP contribution is 2.20. The summed E-state index contributed by atoms with van der Waals surface area (Å²) in [5, 5.41) is 0. The van der Waals surface area contributed by atoms with Crippen molar-refractivity contribution in [1.29, 1.82) is 0 Å². The van der Waals surface area contributed by atoms with Crippen molar-refractivity contribution in [2.24, 2.45) is 11.7 Å². The molecule has 0 radical (unpaired) electrons. The lowest BCUT2D eigenvalue weighted by Gasteiger charge is -2.32. The Kier molecular flexibility index (Phi) is 4.61. The maximum atomic E-state index is 6.27. The summed E-state index contributed by atoms with van der Waals surface area (Å²) >= 11 is 0. The number of ether oxygens (including phenoxy) is 1. The predicted molar refractivity (Wildman–Crippen MR) is 74.8 cm³/mol. The highest BCUT2D eigenvalue weighted by Gasteiger charge is 2.18. The fourth-order valence-corrected chi connectivity index (χ4v) is 2.48. The van der Waals surface area contributed by atoms with Gasteiger partial charge in [-0.15, -0.1) is 0 Å². The van der Waals surface area contributed by atoms with Gasteiger partial charge in [-0.05, 0) is 49.5 Å². The Morgan fingerprint density at radius 2 is 1.89 bits per heavy atom. The summed E-state index contributed by atoms with van der Waals surface area (Å²) in [6.07, 6.45) is 2.60. The van der Waals surface area contributed by atoms with Gasteiger partial charge in [0, 0.05) is 12.6 Å². The zero-order valence-electron chi connectivity index (χ0n) is 11.4. The van der Waals surface area contributed by atoms with E-state index in [1.807, 2.05) is 12.1 Å². The van der Waals surface area contributed by atoms with Crippen LogP contribution in [0.3, 0.4) is 0 Å². The standard InChI is InChI=1S/C15H24N2O/c1-12-7-9-17(10-8-12)11-15(16)13-3-5-14(18-2)6-4-13/h3-6,12,15H,7-11,16H2,1-2H3. The van der Waals surface area contributed by atoms with Gasteiger partial charge in [-0.3, -0.25) is 0 Å². The van der Waals surface area contributed by atoms with E-state index in [1.54, 1.807) is 7.11 Å². The van der Waals surface area contributed by atoms with Crippen LogP contribution in [-0.2, 0) is 0 Å². The van der Waals surface area contributed by atoms with Crippen LogP contribution in [0.4, 0.5) is 0 Å². The minimum Gasteiger partial charge on any atom is -0.497 e. The number of likely N-dealkylation sites (tertiary alicyclic amines) is 1. The second kappa shape index (κ2) is 6.21. The van der Waals surface area contributed by atoms with Gasteiger partial charge in [0.25, 0.3) is 0 Å². The molecule has 1 unspecified atom stereocenters. The molecular weight excluding hydrogens is 224 g/mol. The number of nitrogens with zero attached hydrogens (tertiary/aromatic N) is 1. The minimum atomic E-state index is 0.101. The summed E-state index contributed by atoms with van der Waals surface area (Å²) in [7, 11) is 1.68. The Balaban J connectivity index is 1.88. The van der Waals surface area contributed by atoms with E-state index in [9.17, 15) is 0 Å². The Morgan fingerprint density at radius 1 is 1.28 bits per heavy atom. The molecule has 1 saturated heterocycles. The van der Waals surface area contributed by atoms with Gasteiger partial charge in [-0.2, -0.15) is 0 Å². The Labute approximate surface area is 110 Å². The zero-order chi connectivity index (χ0) is 13.0. The number of methoxy groups -OCH3 is 1. The number of hydrogen-bond donors (Lipinski definition) is 1. The molecule has 18 heavy (non-hydrogen) atoms. The second-order valence-electron chi connectivity index (χ2n) is 5.36. The molecule has 1 fully saturated rings. The summed E-state index contributed by atoms with van der Waals surface area (Å²) in [5.41, 5.74) is 7.46. The number of benzene rings is 1. The summed E-state index contributed by atoms with van der Waals surface area (Å²) in [5.74, 6) is 1.76. The SMILES string of the molecule is COc1ccc(C(N)CN2CCC(C)CC2)cc1. The molecular formula is C15H24N2O. The van der Waals surface area contributed by atoms with Gasteiger partial charge in [0.05, 0.1) is 7.11 Å². The van der Waals surface area contributed by atoms with Crippen molar-refractivity contribution >= 4 is 0 Å². The molecule has 0 aromatic heterocycles. The van der Waals surface area contributed by atoms with Crippen LogP contribution in [0.15, 0.2) is 24.3 Å². The highest BCUT2D eigenvalue weighted by molar-refractivity contribution is 5.29. The lowest BCUT2D eigenvalue weighted by Crippen LogP contribution is -2.38. The van der Waals surface area contributed by atoms with E-state index in [0.29, 0.717) is 0 Å². The monoisotopic (exact) mass is 248 g/mol. The molecule has 0 bridgehead atoms. The largest absolute Gasteiger partial charge is 0.497 e. The van der Waals surface area contributed by atoms with Gasteiger partial charge in [0.15, 0.2) is 0 Å². The predicted octanol–water partition coefficient (Wildman–Crippen LogP) is 2.43. The first-order chi connectivity index (χ1) is 8.69. The third-order valence-corrected chi connectivity index (χ3v) is 3.88. The molecule has 0 saturated carbocycles. The number of hydrogen-bond acceptors (Lipinski definition) is 3. The fourth-order valence-electron chi connectivity index (χ4n) is 2.48. The molecule has 3 nitrogen and oxygen atoms in total. The molecule has 0 amide bonds. The molecule has 1 aliphatic heterocycles. The first-order valence-corrected chi connectivity index (χ1v) is 6.81. The Hall–Kier alpha value is -1.06. The van der Waals surface area contributed by atoms with Crippen LogP contribution in [0.1, 0.15) is 31.4 Å². The number of piperidine rings is 1. The first kappa shape index (κ1) is 13.4. The van der Waals surface area contributed by atoms with Crippen LogP contribution in [0.2, 0.25) is 0 Å². The van der Waals surface area contributed by atoms with Crippen LogP contribution in [-0.4, -0.2) is 31.6 Å². The normalized spacial score (nSPS) is 19.7. The molecule has 0 spiro atoms. The van der Waals surface area contributed by atoms with Crippen molar-refractivity contribution in [2.45, 2.75) is 25.8 Å². The van der Waals surface area contributed by atoms with E-state index in [-0.39, 0.29) is 6.04 Å². The van der Waals surface area contributed by atoms with Crippen LogP contribution >= 0.6 is 0 Å². The maximum Gasteiger partial charge on any atom is 0.118 e. The molecule has 3 heteroatoms. The van der Waals surface area contributed by atoms with Gasteiger partial charge >= 0.3 is 0 Å². The second-order valence-corrected chi connectivity index (χ2v) is 5.36. The Morgan fingerprint density at radius 3 is 2.44 bits per heavy atom. The summed E-state index contributed by atoms with van der Waals surface area (Å²) in [6.45, 7) is 5.66. The van der Waals surface area contributed by atoms with E-state index in [2.05, 4.69) is 24.0 Å².